The number of para-hydroxylation sites is 1. The highest BCUT2D eigenvalue weighted by molar-refractivity contribution is 9.10. The molecule has 2 aromatic carbocycles. The highest BCUT2D eigenvalue weighted by Crippen LogP contribution is 2.34. The molecule has 26 heavy (non-hydrogen) atoms. The second-order valence-corrected chi connectivity index (χ2v) is 7.17. The average molecular weight is 437 g/mol. The number of hydrogen-bond donors (Lipinski definition) is 0. The van der Waals surface area contributed by atoms with Crippen molar-refractivity contribution in [2.75, 3.05) is 0 Å². The van der Waals surface area contributed by atoms with Gasteiger partial charge in [-0.1, -0.05) is 24.3 Å². The number of nitrogens with zero attached hydrogens (tertiary/aromatic N) is 2. The van der Waals surface area contributed by atoms with Crippen molar-refractivity contribution in [1.82, 2.24) is 4.90 Å². The third-order valence-electron chi connectivity index (χ3n) is 3.63. The predicted octanol–water partition coefficient (Wildman–Crippen LogP) is 4.73. The van der Waals surface area contributed by atoms with E-state index in [0.717, 1.165) is 16.7 Å². The van der Waals surface area contributed by atoms with Crippen molar-refractivity contribution in [2.45, 2.75) is 6.54 Å². The molecule has 132 valence electrons. The topological polar surface area (TPSA) is 80.5 Å². The monoisotopic (exact) mass is 436 g/mol. The first-order valence-corrected chi connectivity index (χ1v) is 8.90. The van der Waals surface area contributed by atoms with Gasteiger partial charge in [0.05, 0.1) is 20.8 Å². The molecule has 1 aliphatic heterocycles. The van der Waals surface area contributed by atoms with Gasteiger partial charge in [-0.15, -0.1) is 0 Å². The lowest BCUT2D eigenvalue weighted by molar-refractivity contribution is -0.385. The summed E-state index contributed by atoms with van der Waals surface area (Å²) in [5.74, 6) is -0.981. The standard InChI is InChI=1S/C17H10BrFN2O4S/c18-12-7-10(5-6-13(12)19)8-15-16(22)20(17(23)26-15)9-11-3-1-2-4-14(11)21(24)25/h1-8H,9H2/b15-8+. The van der Waals surface area contributed by atoms with E-state index in [1.807, 2.05) is 0 Å². The summed E-state index contributed by atoms with van der Waals surface area (Å²) in [6.07, 6.45) is 1.48. The summed E-state index contributed by atoms with van der Waals surface area (Å²) in [6.45, 7) is -0.188. The Morgan fingerprint density at radius 2 is 1.96 bits per heavy atom. The van der Waals surface area contributed by atoms with Crippen molar-refractivity contribution in [1.29, 1.82) is 0 Å². The fraction of sp³-hybridized carbons (Fsp3) is 0.0588. The molecule has 0 saturated carbocycles. The maximum absolute atomic E-state index is 13.3. The first kappa shape index (κ1) is 18.3. The Kier molecular flexibility index (Phi) is 5.19. The molecular formula is C17H10BrFN2O4S. The zero-order valence-corrected chi connectivity index (χ0v) is 15.4. The average Bonchev–Trinajstić information content (AvgIpc) is 2.86. The van der Waals surface area contributed by atoms with Crippen LogP contribution in [0.5, 0.6) is 0 Å². The largest absolute Gasteiger partial charge is 0.293 e. The molecule has 9 heteroatoms. The Labute approximate surface area is 160 Å². The van der Waals surface area contributed by atoms with Crippen LogP contribution in [-0.2, 0) is 11.3 Å². The molecule has 0 unspecified atom stereocenters. The van der Waals surface area contributed by atoms with Crippen LogP contribution >= 0.6 is 27.7 Å². The SMILES string of the molecule is O=C1S/C(=C/c2ccc(F)c(Br)c2)C(=O)N1Cc1ccccc1[N+](=O)[O-]. The van der Waals surface area contributed by atoms with Crippen molar-refractivity contribution < 1.29 is 18.9 Å². The van der Waals surface area contributed by atoms with Gasteiger partial charge >= 0.3 is 0 Å². The van der Waals surface area contributed by atoms with Crippen LogP contribution in [0.4, 0.5) is 14.9 Å². The lowest BCUT2D eigenvalue weighted by Crippen LogP contribution is -2.27. The molecule has 6 nitrogen and oxygen atoms in total. The fourth-order valence-electron chi connectivity index (χ4n) is 2.38. The summed E-state index contributed by atoms with van der Waals surface area (Å²) < 4.78 is 13.5. The van der Waals surface area contributed by atoms with Crippen molar-refractivity contribution in [3.63, 3.8) is 0 Å². The van der Waals surface area contributed by atoms with E-state index in [0.29, 0.717) is 5.56 Å². The second kappa shape index (κ2) is 7.38. The maximum atomic E-state index is 13.3. The molecule has 1 fully saturated rings. The normalized spacial score (nSPS) is 15.8. The third-order valence-corrected chi connectivity index (χ3v) is 5.15. The number of carbonyl (C=O) groups is 2. The summed E-state index contributed by atoms with van der Waals surface area (Å²) in [4.78, 5) is 36.4. The number of nitro benzene ring substituents is 1. The number of amides is 2. The van der Waals surface area contributed by atoms with Gasteiger partial charge in [-0.05, 0) is 51.5 Å². The second-order valence-electron chi connectivity index (χ2n) is 5.33. The number of halogens is 2. The molecule has 0 aliphatic carbocycles. The summed E-state index contributed by atoms with van der Waals surface area (Å²) in [5.41, 5.74) is 0.665. The number of hydrogen-bond acceptors (Lipinski definition) is 5. The van der Waals surface area contributed by atoms with Crippen LogP contribution in [0.25, 0.3) is 6.08 Å². The molecule has 3 rings (SSSR count). The predicted molar refractivity (Wildman–Crippen MR) is 98.7 cm³/mol. The lowest BCUT2D eigenvalue weighted by atomic mass is 10.1. The Hall–Kier alpha value is -2.52. The fourth-order valence-corrected chi connectivity index (χ4v) is 3.62. The van der Waals surface area contributed by atoms with Gasteiger partial charge in [-0.2, -0.15) is 0 Å². The van der Waals surface area contributed by atoms with Crippen molar-refractivity contribution in [2.24, 2.45) is 0 Å². The Morgan fingerprint density at radius 1 is 1.23 bits per heavy atom. The van der Waals surface area contributed by atoms with E-state index in [-0.39, 0.29) is 27.2 Å². The van der Waals surface area contributed by atoms with Crippen LogP contribution in [0, 0.1) is 15.9 Å². The van der Waals surface area contributed by atoms with Crippen LogP contribution in [-0.4, -0.2) is 21.0 Å². The van der Waals surface area contributed by atoms with Gasteiger partial charge in [0, 0.05) is 11.6 Å². The minimum absolute atomic E-state index is 0.155. The summed E-state index contributed by atoms with van der Waals surface area (Å²) in [7, 11) is 0. The van der Waals surface area contributed by atoms with Crippen LogP contribution < -0.4 is 0 Å². The number of nitro groups is 1. The van der Waals surface area contributed by atoms with E-state index in [9.17, 15) is 24.1 Å². The van der Waals surface area contributed by atoms with E-state index < -0.39 is 21.9 Å². The van der Waals surface area contributed by atoms with Crippen LogP contribution in [0.2, 0.25) is 0 Å². The van der Waals surface area contributed by atoms with Crippen molar-refractivity contribution in [3.05, 3.63) is 78.9 Å². The number of thioether (sulfide) groups is 1. The molecule has 0 radical (unpaired) electrons. The first-order valence-electron chi connectivity index (χ1n) is 7.29. The molecule has 0 aromatic heterocycles. The Bertz CT molecular complexity index is 964. The van der Waals surface area contributed by atoms with Gasteiger partial charge in [0.2, 0.25) is 0 Å². The van der Waals surface area contributed by atoms with E-state index in [1.165, 1.54) is 42.5 Å². The smallest absolute Gasteiger partial charge is 0.268 e. The Morgan fingerprint density at radius 3 is 2.65 bits per heavy atom. The van der Waals surface area contributed by atoms with E-state index in [4.69, 9.17) is 0 Å². The maximum Gasteiger partial charge on any atom is 0.293 e. The van der Waals surface area contributed by atoms with Gasteiger partial charge < -0.3 is 0 Å². The van der Waals surface area contributed by atoms with Crippen molar-refractivity contribution >= 4 is 50.6 Å². The molecule has 1 saturated heterocycles. The van der Waals surface area contributed by atoms with Gasteiger partial charge in [0.1, 0.15) is 5.82 Å². The molecule has 2 amide bonds. The minimum Gasteiger partial charge on any atom is -0.268 e. The van der Waals surface area contributed by atoms with Gasteiger partial charge in [0.25, 0.3) is 16.8 Å². The Balaban J connectivity index is 1.87. The van der Waals surface area contributed by atoms with Crippen molar-refractivity contribution in [3.8, 4) is 0 Å². The van der Waals surface area contributed by atoms with E-state index >= 15 is 0 Å². The lowest BCUT2D eigenvalue weighted by Gasteiger charge is -2.12. The van der Waals surface area contributed by atoms with Gasteiger partial charge in [-0.3, -0.25) is 24.6 Å². The van der Waals surface area contributed by atoms with Crippen LogP contribution in [0.3, 0.4) is 0 Å². The molecule has 0 N–H and O–H groups in total. The highest BCUT2D eigenvalue weighted by atomic mass is 79.9. The third kappa shape index (κ3) is 3.68. The first-order chi connectivity index (χ1) is 12.4. The zero-order valence-electron chi connectivity index (χ0n) is 13.0. The summed E-state index contributed by atoms with van der Waals surface area (Å²) >= 11 is 3.80. The quantitative estimate of drug-likeness (QED) is 0.393. The number of carbonyl (C=O) groups excluding carboxylic acids is 2. The van der Waals surface area contributed by atoms with E-state index in [2.05, 4.69) is 15.9 Å². The van der Waals surface area contributed by atoms with Crippen LogP contribution in [0.1, 0.15) is 11.1 Å². The van der Waals surface area contributed by atoms with E-state index in [1.54, 1.807) is 6.07 Å². The highest BCUT2D eigenvalue weighted by Gasteiger charge is 2.36. The van der Waals surface area contributed by atoms with Gasteiger partial charge in [-0.25, -0.2) is 4.39 Å². The summed E-state index contributed by atoms with van der Waals surface area (Å²) in [5, 5.41) is 10.6. The zero-order chi connectivity index (χ0) is 18.8. The molecule has 0 spiro atoms. The minimum atomic E-state index is -0.555. The molecule has 0 atom stereocenters. The number of benzene rings is 2. The van der Waals surface area contributed by atoms with Gasteiger partial charge in [0.15, 0.2) is 0 Å². The number of imide groups is 1. The molecular weight excluding hydrogens is 427 g/mol. The number of rotatable bonds is 4. The molecule has 2 aromatic rings. The molecule has 1 heterocycles. The molecule has 0 bridgehead atoms. The summed E-state index contributed by atoms with van der Waals surface area (Å²) in [6, 6.07) is 10.2. The molecule has 1 aliphatic rings. The van der Waals surface area contributed by atoms with Crippen LogP contribution in [0.15, 0.2) is 51.8 Å².